The second kappa shape index (κ2) is 8.48. The van der Waals surface area contributed by atoms with Gasteiger partial charge in [-0.25, -0.2) is 9.07 Å². The van der Waals surface area contributed by atoms with Gasteiger partial charge in [-0.15, -0.1) is 0 Å². The highest BCUT2D eigenvalue weighted by Gasteiger charge is 2.34. The van der Waals surface area contributed by atoms with Crippen LogP contribution in [0.1, 0.15) is 18.1 Å². The van der Waals surface area contributed by atoms with Crippen molar-refractivity contribution in [1.29, 1.82) is 0 Å². The molecule has 3 aromatic rings. The van der Waals surface area contributed by atoms with Crippen LogP contribution in [0.3, 0.4) is 0 Å². The van der Waals surface area contributed by atoms with Crippen molar-refractivity contribution in [3.05, 3.63) is 81.9 Å². The average Bonchev–Trinajstić information content (AvgIpc) is 2.70. The molecule has 0 saturated heterocycles. The van der Waals surface area contributed by atoms with Gasteiger partial charge in [0.15, 0.2) is 0 Å². The number of rotatable bonds is 5. The Hall–Kier alpha value is -3.49. The number of amides is 1. The molecule has 1 amide bonds. The summed E-state index contributed by atoms with van der Waals surface area (Å²) in [5.74, 6) is -2.22. The van der Waals surface area contributed by atoms with Crippen LogP contribution in [0.25, 0.3) is 11.3 Å². The van der Waals surface area contributed by atoms with Crippen LogP contribution >= 0.6 is 0 Å². The van der Waals surface area contributed by atoms with Gasteiger partial charge in [0.2, 0.25) is 5.91 Å². The predicted octanol–water partition coefficient (Wildman–Crippen LogP) is 4.27. The molecule has 0 unspecified atom stereocenters. The van der Waals surface area contributed by atoms with E-state index in [1.165, 1.54) is 12.1 Å². The van der Waals surface area contributed by atoms with Crippen LogP contribution < -0.4 is 10.9 Å². The smallest absolute Gasteiger partial charge is 0.324 e. The van der Waals surface area contributed by atoms with Crippen molar-refractivity contribution in [3.63, 3.8) is 0 Å². The van der Waals surface area contributed by atoms with E-state index < -0.39 is 35.6 Å². The molecule has 9 heteroatoms. The van der Waals surface area contributed by atoms with E-state index >= 15 is 0 Å². The number of nitrogens with one attached hydrogen (secondary N) is 1. The second-order valence-electron chi connectivity index (χ2n) is 6.51. The lowest BCUT2D eigenvalue weighted by Gasteiger charge is -2.12. The standard InChI is InChI=1S/C21H17F4N3O2/c1-2-13-3-5-14(6-4-13)18-9-10-20(30)28(27-18)12-19(29)26-15-7-8-17(22)16(11-15)21(23,24)25/h3-11H,2,12H2,1H3,(H,26,29). The highest BCUT2D eigenvalue weighted by Crippen LogP contribution is 2.33. The summed E-state index contributed by atoms with van der Waals surface area (Å²) in [6.45, 7) is 1.50. The molecule has 0 fully saturated rings. The van der Waals surface area contributed by atoms with Crippen molar-refractivity contribution in [3.8, 4) is 11.3 Å². The molecular formula is C21H17F4N3O2. The Bertz CT molecular complexity index is 1120. The lowest BCUT2D eigenvalue weighted by atomic mass is 10.1. The number of nitrogens with zero attached hydrogens (tertiary/aromatic N) is 2. The van der Waals surface area contributed by atoms with Gasteiger partial charge in [0.1, 0.15) is 12.4 Å². The molecule has 0 spiro atoms. The Balaban J connectivity index is 1.79. The molecule has 0 aliphatic heterocycles. The Morgan fingerprint density at radius 1 is 1.07 bits per heavy atom. The quantitative estimate of drug-likeness (QED) is 0.629. The minimum absolute atomic E-state index is 0.243. The number of carbonyl (C=O) groups is 1. The van der Waals surface area contributed by atoms with Gasteiger partial charge in [0.05, 0.1) is 11.3 Å². The Kier molecular flexibility index (Phi) is 6.00. The topological polar surface area (TPSA) is 64.0 Å². The largest absolute Gasteiger partial charge is 0.419 e. The van der Waals surface area contributed by atoms with Gasteiger partial charge in [-0.1, -0.05) is 31.2 Å². The first-order valence-corrected chi connectivity index (χ1v) is 9.01. The minimum atomic E-state index is -4.90. The molecule has 0 bridgehead atoms. The lowest BCUT2D eigenvalue weighted by Crippen LogP contribution is -2.29. The number of hydrogen-bond donors (Lipinski definition) is 1. The number of hydrogen-bond acceptors (Lipinski definition) is 3. The summed E-state index contributed by atoms with van der Waals surface area (Å²) in [6.07, 6.45) is -4.03. The molecule has 0 radical (unpaired) electrons. The van der Waals surface area contributed by atoms with Crippen molar-refractivity contribution >= 4 is 11.6 Å². The zero-order valence-corrected chi connectivity index (χ0v) is 15.8. The maximum atomic E-state index is 13.4. The number of halogens is 4. The Morgan fingerprint density at radius 2 is 1.77 bits per heavy atom. The van der Waals surface area contributed by atoms with E-state index in [0.29, 0.717) is 17.8 Å². The summed E-state index contributed by atoms with van der Waals surface area (Å²) >= 11 is 0. The summed E-state index contributed by atoms with van der Waals surface area (Å²) < 4.78 is 52.7. The van der Waals surface area contributed by atoms with Gasteiger partial charge in [0.25, 0.3) is 5.56 Å². The van der Waals surface area contributed by atoms with Crippen LogP contribution in [0.5, 0.6) is 0 Å². The minimum Gasteiger partial charge on any atom is -0.324 e. The average molecular weight is 419 g/mol. The number of benzene rings is 2. The molecule has 0 aliphatic carbocycles. The maximum absolute atomic E-state index is 13.4. The summed E-state index contributed by atoms with van der Waals surface area (Å²) in [6, 6.07) is 12.4. The van der Waals surface area contributed by atoms with Gasteiger partial charge in [-0.2, -0.15) is 18.3 Å². The van der Waals surface area contributed by atoms with E-state index in [4.69, 9.17) is 0 Å². The molecule has 3 rings (SSSR count). The van der Waals surface area contributed by atoms with Crippen LogP contribution in [-0.4, -0.2) is 15.7 Å². The van der Waals surface area contributed by atoms with Crippen molar-refractivity contribution in [2.45, 2.75) is 26.1 Å². The summed E-state index contributed by atoms with van der Waals surface area (Å²) in [5, 5.41) is 6.38. The molecule has 2 aromatic carbocycles. The fraction of sp³-hybridized carbons (Fsp3) is 0.190. The number of carbonyl (C=O) groups excluding carboxylic acids is 1. The van der Waals surface area contributed by atoms with Gasteiger partial charge in [0, 0.05) is 17.3 Å². The third kappa shape index (κ3) is 4.91. The molecule has 1 aromatic heterocycles. The van der Waals surface area contributed by atoms with Crippen LogP contribution in [0.4, 0.5) is 23.2 Å². The first-order valence-electron chi connectivity index (χ1n) is 9.01. The second-order valence-corrected chi connectivity index (χ2v) is 6.51. The third-order valence-corrected chi connectivity index (χ3v) is 4.37. The molecule has 30 heavy (non-hydrogen) atoms. The molecular weight excluding hydrogens is 402 g/mol. The number of aromatic nitrogens is 2. The highest BCUT2D eigenvalue weighted by atomic mass is 19.4. The first-order chi connectivity index (χ1) is 14.2. The van der Waals surface area contributed by atoms with Gasteiger partial charge < -0.3 is 5.32 Å². The molecule has 1 heterocycles. The third-order valence-electron chi connectivity index (χ3n) is 4.37. The van der Waals surface area contributed by atoms with Crippen molar-refractivity contribution in [2.24, 2.45) is 0 Å². The van der Waals surface area contributed by atoms with E-state index in [1.54, 1.807) is 0 Å². The van der Waals surface area contributed by atoms with Gasteiger partial charge >= 0.3 is 6.18 Å². The van der Waals surface area contributed by atoms with Crippen LogP contribution in [0.15, 0.2) is 59.4 Å². The van der Waals surface area contributed by atoms with E-state index in [0.717, 1.165) is 28.3 Å². The Labute approximate surface area is 169 Å². The van der Waals surface area contributed by atoms with Crippen molar-refractivity contribution in [2.75, 3.05) is 5.32 Å². The molecule has 5 nitrogen and oxygen atoms in total. The Morgan fingerprint density at radius 3 is 2.40 bits per heavy atom. The van der Waals surface area contributed by atoms with E-state index in [1.807, 2.05) is 31.2 Å². The number of alkyl halides is 3. The maximum Gasteiger partial charge on any atom is 0.419 e. The summed E-state index contributed by atoms with van der Waals surface area (Å²) in [7, 11) is 0. The molecule has 0 atom stereocenters. The zero-order valence-electron chi connectivity index (χ0n) is 15.8. The summed E-state index contributed by atoms with van der Waals surface area (Å²) in [5.41, 5.74) is 0.0558. The van der Waals surface area contributed by atoms with E-state index in [9.17, 15) is 27.2 Å². The summed E-state index contributed by atoms with van der Waals surface area (Å²) in [4.78, 5) is 24.3. The number of anilines is 1. The number of aryl methyl sites for hydroxylation is 1. The highest BCUT2D eigenvalue weighted by molar-refractivity contribution is 5.90. The molecule has 0 aliphatic rings. The van der Waals surface area contributed by atoms with E-state index in [-0.39, 0.29) is 5.69 Å². The van der Waals surface area contributed by atoms with Gasteiger partial charge in [-0.3, -0.25) is 9.59 Å². The van der Waals surface area contributed by atoms with Crippen molar-refractivity contribution < 1.29 is 22.4 Å². The lowest BCUT2D eigenvalue weighted by molar-refractivity contribution is -0.140. The van der Waals surface area contributed by atoms with Crippen molar-refractivity contribution in [1.82, 2.24) is 9.78 Å². The fourth-order valence-electron chi connectivity index (χ4n) is 2.78. The monoisotopic (exact) mass is 419 g/mol. The van der Waals surface area contributed by atoms with Crippen LogP contribution in [0, 0.1) is 5.82 Å². The van der Waals surface area contributed by atoms with Gasteiger partial charge in [-0.05, 0) is 36.2 Å². The van der Waals surface area contributed by atoms with E-state index in [2.05, 4.69) is 10.4 Å². The SMILES string of the molecule is CCc1ccc(-c2ccc(=O)n(CC(=O)Nc3ccc(F)c(C(F)(F)F)c3)n2)cc1. The fourth-order valence-corrected chi connectivity index (χ4v) is 2.78. The normalized spacial score (nSPS) is 11.4. The molecule has 0 saturated carbocycles. The van der Waals surface area contributed by atoms with Crippen LogP contribution in [0.2, 0.25) is 0 Å². The zero-order chi connectivity index (χ0) is 21.9. The predicted molar refractivity (Wildman–Crippen MR) is 103 cm³/mol. The van der Waals surface area contributed by atoms with Crippen LogP contribution in [-0.2, 0) is 23.9 Å². The molecule has 156 valence electrons. The molecule has 1 N–H and O–H groups in total. The first kappa shape index (κ1) is 21.2.